The fraction of sp³-hybridized carbons (Fsp3) is 0.529. The highest BCUT2D eigenvalue weighted by Gasteiger charge is 2.20. The summed E-state index contributed by atoms with van der Waals surface area (Å²) in [4.78, 5) is 2.34. The SMILES string of the molecule is CCN(CC)c1ccc(-c2nnc(S[C@@H]3CCOC3)n2C)cc1. The number of aromatic nitrogens is 3. The Labute approximate surface area is 142 Å². The van der Waals surface area contributed by atoms with Crippen LogP contribution < -0.4 is 4.90 Å². The van der Waals surface area contributed by atoms with Gasteiger partial charge in [0.15, 0.2) is 11.0 Å². The van der Waals surface area contributed by atoms with Crippen molar-refractivity contribution in [3.05, 3.63) is 24.3 Å². The van der Waals surface area contributed by atoms with E-state index in [-0.39, 0.29) is 0 Å². The molecule has 2 heterocycles. The number of anilines is 1. The monoisotopic (exact) mass is 332 g/mol. The largest absolute Gasteiger partial charge is 0.380 e. The minimum absolute atomic E-state index is 0.496. The topological polar surface area (TPSA) is 43.2 Å². The summed E-state index contributed by atoms with van der Waals surface area (Å²) in [5.41, 5.74) is 2.35. The first-order chi connectivity index (χ1) is 11.2. The van der Waals surface area contributed by atoms with Gasteiger partial charge in [0.25, 0.3) is 0 Å². The van der Waals surface area contributed by atoms with Crippen LogP contribution in [0, 0.1) is 0 Å². The first-order valence-electron chi connectivity index (χ1n) is 8.22. The number of ether oxygens (including phenoxy) is 1. The van der Waals surface area contributed by atoms with Crippen LogP contribution in [0.25, 0.3) is 11.4 Å². The molecule has 0 saturated carbocycles. The number of hydrogen-bond acceptors (Lipinski definition) is 5. The van der Waals surface area contributed by atoms with E-state index in [0.29, 0.717) is 5.25 Å². The van der Waals surface area contributed by atoms with E-state index < -0.39 is 0 Å². The van der Waals surface area contributed by atoms with Gasteiger partial charge in [0.05, 0.1) is 6.61 Å². The molecule has 23 heavy (non-hydrogen) atoms. The Balaban J connectivity index is 1.77. The van der Waals surface area contributed by atoms with Crippen LogP contribution in [-0.2, 0) is 11.8 Å². The van der Waals surface area contributed by atoms with Crippen molar-refractivity contribution < 1.29 is 4.74 Å². The first-order valence-corrected chi connectivity index (χ1v) is 9.10. The van der Waals surface area contributed by atoms with Crippen molar-refractivity contribution >= 4 is 17.4 Å². The number of thioether (sulfide) groups is 1. The van der Waals surface area contributed by atoms with E-state index in [1.807, 2.05) is 7.05 Å². The van der Waals surface area contributed by atoms with E-state index in [2.05, 4.69) is 57.8 Å². The number of benzene rings is 1. The second-order valence-corrected chi connectivity index (χ2v) is 6.96. The molecule has 0 amide bonds. The van der Waals surface area contributed by atoms with Crippen LogP contribution in [0.3, 0.4) is 0 Å². The fourth-order valence-electron chi connectivity index (χ4n) is 2.83. The van der Waals surface area contributed by atoms with E-state index in [1.54, 1.807) is 11.8 Å². The van der Waals surface area contributed by atoms with Gasteiger partial charge >= 0.3 is 0 Å². The van der Waals surface area contributed by atoms with Crippen LogP contribution in [0.2, 0.25) is 0 Å². The van der Waals surface area contributed by atoms with Gasteiger partial charge in [-0.2, -0.15) is 0 Å². The molecule has 5 nitrogen and oxygen atoms in total. The van der Waals surface area contributed by atoms with Crippen LogP contribution in [0.5, 0.6) is 0 Å². The summed E-state index contributed by atoms with van der Waals surface area (Å²) < 4.78 is 7.51. The van der Waals surface area contributed by atoms with Gasteiger partial charge in [-0.15, -0.1) is 10.2 Å². The highest BCUT2D eigenvalue weighted by atomic mass is 32.2. The molecule has 1 aliphatic rings. The van der Waals surface area contributed by atoms with Gasteiger partial charge in [0, 0.05) is 43.2 Å². The van der Waals surface area contributed by atoms with Crippen LogP contribution in [0.4, 0.5) is 5.69 Å². The van der Waals surface area contributed by atoms with Gasteiger partial charge < -0.3 is 14.2 Å². The van der Waals surface area contributed by atoms with Crippen molar-refractivity contribution in [3.63, 3.8) is 0 Å². The summed E-state index contributed by atoms with van der Waals surface area (Å²) in [7, 11) is 2.03. The van der Waals surface area contributed by atoms with Crippen molar-refractivity contribution in [3.8, 4) is 11.4 Å². The maximum atomic E-state index is 5.43. The molecule has 1 aliphatic heterocycles. The summed E-state index contributed by atoms with van der Waals surface area (Å²) in [6.07, 6.45) is 1.09. The van der Waals surface area contributed by atoms with Crippen LogP contribution in [-0.4, -0.2) is 46.3 Å². The lowest BCUT2D eigenvalue weighted by atomic mass is 10.2. The Bertz CT molecular complexity index is 631. The Kier molecular flexibility index (Phi) is 5.23. The normalized spacial score (nSPS) is 17.6. The summed E-state index contributed by atoms with van der Waals surface area (Å²) in [5.74, 6) is 0.914. The first kappa shape index (κ1) is 16.3. The van der Waals surface area contributed by atoms with Gasteiger partial charge in [-0.1, -0.05) is 11.8 Å². The molecule has 1 saturated heterocycles. The lowest BCUT2D eigenvalue weighted by Crippen LogP contribution is -2.21. The van der Waals surface area contributed by atoms with E-state index in [0.717, 1.165) is 49.3 Å². The van der Waals surface area contributed by atoms with E-state index in [9.17, 15) is 0 Å². The molecule has 1 atom stereocenters. The summed E-state index contributed by atoms with van der Waals surface area (Å²) in [6.45, 7) is 8.06. The smallest absolute Gasteiger partial charge is 0.191 e. The predicted octanol–water partition coefficient (Wildman–Crippen LogP) is 3.21. The summed E-state index contributed by atoms with van der Waals surface area (Å²) in [6, 6.07) is 8.58. The lowest BCUT2D eigenvalue weighted by Gasteiger charge is -2.21. The van der Waals surface area contributed by atoms with Crippen LogP contribution in [0.15, 0.2) is 29.4 Å². The zero-order chi connectivity index (χ0) is 16.2. The molecular weight excluding hydrogens is 308 g/mol. The van der Waals surface area contributed by atoms with Gasteiger partial charge in [0.1, 0.15) is 0 Å². The van der Waals surface area contributed by atoms with Crippen molar-refractivity contribution in [1.82, 2.24) is 14.8 Å². The van der Waals surface area contributed by atoms with Crippen LogP contribution >= 0.6 is 11.8 Å². The molecule has 2 aromatic rings. The number of nitrogens with zero attached hydrogens (tertiary/aromatic N) is 4. The average Bonchev–Trinajstić information content (AvgIpc) is 3.21. The molecule has 1 fully saturated rings. The average molecular weight is 332 g/mol. The lowest BCUT2D eigenvalue weighted by molar-refractivity contribution is 0.199. The molecule has 1 aromatic heterocycles. The van der Waals surface area contributed by atoms with Gasteiger partial charge in [-0.05, 0) is 44.5 Å². The molecule has 0 spiro atoms. The Morgan fingerprint density at radius 3 is 2.57 bits per heavy atom. The minimum atomic E-state index is 0.496. The third-order valence-electron chi connectivity index (χ3n) is 4.25. The molecule has 0 bridgehead atoms. The molecule has 6 heteroatoms. The van der Waals surface area contributed by atoms with Gasteiger partial charge in [-0.25, -0.2) is 0 Å². The molecule has 124 valence electrons. The predicted molar refractivity (Wildman–Crippen MR) is 95.1 cm³/mol. The van der Waals surface area contributed by atoms with Gasteiger partial charge in [-0.3, -0.25) is 0 Å². The number of rotatable bonds is 6. The quantitative estimate of drug-likeness (QED) is 0.813. The Morgan fingerprint density at radius 1 is 1.22 bits per heavy atom. The van der Waals surface area contributed by atoms with E-state index in [1.165, 1.54) is 5.69 Å². The standard InChI is InChI=1S/C17H24N4OS/c1-4-21(5-2)14-8-6-13(7-9-14)16-18-19-17(20(16)3)23-15-10-11-22-12-15/h6-9,15H,4-5,10-12H2,1-3H3/t15-/m1/s1. The van der Waals surface area contributed by atoms with Crippen molar-refractivity contribution in [2.45, 2.75) is 30.7 Å². The molecule has 3 rings (SSSR count). The molecule has 0 aliphatic carbocycles. The highest BCUT2D eigenvalue weighted by Crippen LogP contribution is 2.30. The molecule has 0 unspecified atom stereocenters. The van der Waals surface area contributed by atoms with E-state index in [4.69, 9.17) is 4.74 Å². The highest BCUT2D eigenvalue weighted by molar-refractivity contribution is 7.99. The summed E-state index contributed by atoms with van der Waals surface area (Å²) >= 11 is 1.76. The molecular formula is C17H24N4OS. The fourth-order valence-corrected chi connectivity index (χ4v) is 3.84. The Morgan fingerprint density at radius 2 is 1.96 bits per heavy atom. The van der Waals surface area contributed by atoms with E-state index >= 15 is 0 Å². The van der Waals surface area contributed by atoms with Crippen molar-refractivity contribution in [1.29, 1.82) is 0 Å². The van der Waals surface area contributed by atoms with Crippen LogP contribution in [0.1, 0.15) is 20.3 Å². The minimum Gasteiger partial charge on any atom is -0.380 e. The molecule has 0 N–H and O–H groups in total. The second kappa shape index (κ2) is 7.36. The summed E-state index contributed by atoms with van der Waals surface area (Å²) in [5, 5.41) is 10.2. The zero-order valence-electron chi connectivity index (χ0n) is 14.0. The van der Waals surface area contributed by atoms with Gasteiger partial charge in [0.2, 0.25) is 0 Å². The maximum absolute atomic E-state index is 5.43. The molecule has 0 radical (unpaired) electrons. The second-order valence-electron chi connectivity index (χ2n) is 5.69. The van der Waals surface area contributed by atoms with Crippen molar-refractivity contribution in [2.75, 3.05) is 31.2 Å². The third-order valence-corrected chi connectivity index (χ3v) is 5.52. The number of hydrogen-bond donors (Lipinski definition) is 0. The molecule has 1 aromatic carbocycles. The zero-order valence-corrected chi connectivity index (χ0v) is 14.8. The third kappa shape index (κ3) is 3.53. The Hall–Kier alpha value is -1.53. The van der Waals surface area contributed by atoms with Crippen molar-refractivity contribution in [2.24, 2.45) is 7.05 Å². The maximum Gasteiger partial charge on any atom is 0.191 e.